The highest BCUT2D eigenvalue weighted by Gasteiger charge is 2.25. The molecule has 0 aliphatic rings. The first-order chi connectivity index (χ1) is 8.06. The van der Waals surface area contributed by atoms with E-state index in [1.807, 2.05) is 6.92 Å². The first kappa shape index (κ1) is 13.6. The van der Waals surface area contributed by atoms with Crippen LogP contribution >= 0.6 is 0 Å². The molecule has 2 N–H and O–H groups in total. The van der Waals surface area contributed by atoms with Gasteiger partial charge in [-0.15, -0.1) is 5.10 Å². The number of ether oxygens (including phenoxy) is 1. The molecule has 0 spiro atoms. The predicted octanol–water partition coefficient (Wildman–Crippen LogP) is 1.45. The number of primary amides is 1. The summed E-state index contributed by atoms with van der Waals surface area (Å²) in [6, 6.07) is 0.211. The van der Waals surface area contributed by atoms with E-state index >= 15 is 0 Å². The van der Waals surface area contributed by atoms with Gasteiger partial charge in [-0.25, -0.2) is 4.68 Å². The molecule has 0 radical (unpaired) electrons. The monoisotopic (exact) mass is 240 g/mol. The van der Waals surface area contributed by atoms with Crippen molar-refractivity contribution in [2.75, 3.05) is 7.11 Å². The van der Waals surface area contributed by atoms with Gasteiger partial charge in [-0.1, -0.05) is 19.1 Å². The molecule has 1 heterocycles. The summed E-state index contributed by atoms with van der Waals surface area (Å²) in [5.74, 6) is -0.568. The number of rotatable bonds is 6. The number of hydrogen-bond acceptors (Lipinski definition) is 4. The molecule has 1 unspecified atom stereocenters. The largest absolute Gasteiger partial charge is 0.375 e. The third-order valence-corrected chi connectivity index (χ3v) is 2.99. The van der Waals surface area contributed by atoms with E-state index in [2.05, 4.69) is 24.2 Å². The molecule has 1 amide bonds. The van der Waals surface area contributed by atoms with E-state index in [0.29, 0.717) is 5.69 Å². The van der Waals surface area contributed by atoms with Crippen molar-refractivity contribution in [1.82, 2.24) is 15.0 Å². The zero-order chi connectivity index (χ0) is 13.0. The fourth-order valence-electron chi connectivity index (χ4n) is 1.87. The van der Waals surface area contributed by atoms with Gasteiger partial charge in [-0.2, -0.15) is 0 Å². The summed E-state index contributed by atoms with van der Waals surface area (Å²) < 4.78 is 7.01. The maximum atomic E-state index is 11.3. The van der Waals surface area contributed by atoms with Crippen molar-refractivity contribution < 1.29 is 9.53 Å². The molecule has 1 aromatic rings. The second kappa shape index (κ2) is 5.77. The molecule has 6 heteroatoms. The lowest BCUT2D eigenvalue weighted by atomic mass is 10.1. The maximum absolute atomic E-state index is 11.3. The Labute approximate surface area is 101 Å². The second-order valence-electron chi connectivity index (χ2n) is 3.98. The normalized spacial score (nSPS) is 13.0. The van der Waals surface area contributed by atoms with Crippen LogP contribution in [0.4, 0.5) is 0 Å². The Balaban J connectivity index is 3.26. The van der Waals surface area contributed by atoms with Crippen molar-refractivity contribution in [1.29, 1.82) is 0 Å². The molecule has 6 nitrogen and oxygen atoms in total. The van der Waals surface area contributed by atoms with Crippen LogP contribution in [0.3, 0.4) is 0 Å². The van der Waals surface area contributed by atoms with Crippen molar-refractivity contribution in [3.05, 3.63) is 11.4 Å². The minimum Gasteiger partial charge on any atom is -0.375 e. The number of hydrogen-bond donors (Lipinski definition) is 1. The summed E-state index contributed by atoms with van der Waals surface area (Å²) in [4.78, 5) is 11.3. The quantitative estimate of drug-likeness (QED) is 0.815. The van der Waals surface area contributed by atoms with Crippen molar-refractivity contribution in [2.24, 2.45) is 5.73 Å². The van der Waals surface area contributed by atoms with Gasteiger partial charge >= 0.3 is 0 Å². The molecule has 1 rings (SSSR count). The van der Waals surface area contributed by atoms with Crippen LogP contribution in [-0.4, -0.2) is 28.0 Å². The summed E-state index contributed by atoms with van der Waals surface area (Å²) in [6.45, 7) is 5.99. The fraction of sp³-hybridized carbons (Fsp3) is 0.727. The lowest BCUT2D eigenvalue weighted by Gasteiger charge is -2.18. The zero-order valence-corrected chi connectivity index (χ0v) is 10.8. The lowest BCUT2D eigenvalue weighted by molar-refractivity contribution is 0.0955. The number of nitrogens with two attached hydrogens (primary N) is 1. The molecular formula is C11H20N4O2. The third kappa shape index (κ3) is 2.63. The van der Waals surface area contributed by atoms with Crippen LogP contribution in [0, 0.1) is 0 Å². The number of nitrogens with zero attached hydrogens (tertiary/aromatic N) is 3. The highest BCUT2D eigenvalue weighted by atomic mass is 16.5. The van der Waals surface area contributed by atoms with E-state index in [1.54, 1.807) is 11.8 Å². The van der Waals surface area contributed by atoms with E-state index in [-0.39, 0.29) is 17.8 Å². The fourth-order valence-corrected chi connectivity index (χ4v) is 1.87. The van der Waals surface area contributed by atoms with E-state index in [0.717, 1.165) is 12.8 Å². The number of carbonyl (C=O) groups excluding carboxylic acids is 1. The number of aromatic nitrogens is 3. The first-order valence-corrected chi connectivity index (χ1v) is 5.84. The number of carbonyl (C=O) groups is 1. The minimum atomic E-state index is -0.568. The molecule has 0 saturated carbocycles. The van der Waals surface area contributed by atoms with Crippen LogP contribution in [0.2, 0.25) is 0 Å². The molecule has 0 aromatic carbocycles. The Morgan fingerprint density at radius 1 is 1.47 bits per heavy atom. The Morgan fingerprint density at radius 2 is 2.06 bits per heavy atom. The molecule has 96 valence electrons. The Hall–Kier alpha value is -1.43. The summed E-state index contributed by atoms with van der Waals surface area (Å²) in [5.41, 5.74) is 6.15. The Kier molecular flexibility index (Phi) is 4.62. The highest BCUT2D eigenvalue weighted by Crippen LogP contribution is 2.24. The van der Waals surface area contributed by atoms with Crippen LogP contribution in [0.5, 0.6) is 0 Å². The van der Waals surface area contributed by atoms with Crippen molar-refractivity contribution >= 4 is 5.91 Å². The average Bonchev–Trinajstić information content (AvgIpc) is 2.74. The van der Waals surface area contributed by atoms with Crippen molar-refractivity contribution in [3.63, 3.8) is 0 Å². The van der Waals surface area contributed by atoms with Crippen LogP contribution < -0.4 is 5.73 Å². The molecule has 0 aliphatic heterocycles. The van der Waals surface area contributed by atoms with Crippen molar-refractivity contribution in [2.45, 2.75) is 45.8 Å². The summed E-state index contributed by atoms with van der Waals surface area (Å²) in [5, 5.41) is 7.89. The van der Waals surface area contributed by atoms with E-state index in [4.69, 9.17) is 10.5 Å². The minimum absolute atomic E-state index is 0.200. The van der Waals surface area contributed by atoms with Gasteiger partial charge in [0.05, 0.1) is 12.1 Å². The Morgan fingerprint density at radius 3 is 2.47 bits per heavy atom. The van der Waals surface area contributed by atoms with Crippen LogP contribution in [0.15, 0.2) is 0 Å². The standard InChI is InChI=1S/C11H20N4O2/c1-5-8(6-2)15-10(7(3)17-4)9(11(12)16)13-14-15/h7-8H,5-6H2,1-4H3,(H2,12,16). The van der Waals surface area contributed by atoms with Gasteiger partial charge in [0.2, 0.25) is 0 Å². The third-order valence-electron chi connectivity index (χ3n) is 2.99. The molecule has 0 bridgehead atoms. The van der Waals surface area contributed by atoms with Crippen LogP contribution in [-0.2, 0) is 4.74 Å². The van der Waals surface area contributed by atoms with Gasteiger partial charge in [0.1, 0.15) is 5.69 Å². The molecule has 0 saturated heterocycles. The molecule has 17 heavy (non-hydrogen) atoms. The molecule has 0 fully saturated rings. The van der Waals surface area contributed by atoms with E-state index in [1.165, 1.54) is 0 Å². The van der Waals surface area contributed by atoms with Crippen LogP contribution in [0.25, 0.3) is 0 Å². The van der Waals surface area contributed by atoms with E-state index < -0.39 is 5.91 Å². The van der Waals surface area contributed by atoms with Gasteiger partial charge in [0.15, 0.2) is 5.69 Å². The Bertz CT molecular complexity index is 385. The number of amides is 1. The lowest BCUT2D eigenvalue weighted by Crippen LogP contribution is -2.19. The SMILES string of the molecule is CCC(CC)n1nnc(C(N)=O)c1C(C)OC. The van der Waals surface area contributed by atoms with E-state index in [9.17, 15) is 4.79 Å². The van der Waals surface area contributed by atoms with Crippen LogP contribution in [0.1, 0.15) is 61.9 Å². The summed E-state index contributed by atoms with van der Waals surface area (Å²) >= 11 is 0. The average molecular weight is 240 g/mol. The van der Waals surface area contributed by atoms with Crippen molar-refractivity contribution in [3.8, 4) is 0 Å². The predicted molar refractivity (Wildman–Crippen MR) is 63.6 cm³/mol. The van der Waals surface area contributed by atoms with Gasteiger partial charge < -0.3 is 10.5 Å². The zero-order valence-electron chi connectivity index (χ0n) is 10.8. The summed E-state index contributed by atoms with van der Waals surface area (Å²) in [7, 11) is 1.58. The molecular weight excluding hydrogens is 220 g/mol. The van der Waals surface area contributed by atoms with Gasteiger partial charge in [-0.3, -0.25) is 4.79 Å². The number of methoxy groups -OCH3 is 1. The van der Waals surface area contributed by atoms with Gasteiger partial charge in [-0.05, 0) is 19.8 Å². The first-order valence-electron chi connectivity index (χ1n) is 5.84. The molecule has 1 atom stereocenters. The van der Waals surface area contributed by atoms with Gasteiger partial charge in [0, 0.05) is 7.11 Å². The highest BCUT2D eigenvalue weighted by molar-refractivity contribution is 5.91. The smallest absolute Gasteiger partial charge is 0.271 e. The summed E-state index contributed by atoms with van der Waals surface area (Å²) in [6.07, 6.45) is 1.58. The maximum Gasteiger partial charge on any atom is 0.271 e. The molecule has 0 aliphatic carbocycles. The topological polar surface area (TPSA) is 83.0 Å². The second-order valence-corrected chi connectivity index (χ2v) is 3.98. The molecule has 1 aromatic heterocycles. The van der Waals surface area contributed by atoms with Gasteiger partial charge in [0.25, 0.3) is 5.91 Å².